The van der Waals surface area contributed by atoms with Crippen LogP contribution in [0.25, 0.3) is 0 Å². The molecule has 0 fully saturated rings. The first-order valence-corrected chi connectivity index (χ1v) is 5.10. The van der Waals surface area contributed by atoms with Gasteiger partial charge in [0.05, 0.1) is 10.3 Å². The van der Waals surface area contributed by atoms with Crippen LogP contribution in [0.15, 0.2) is 15.7 Å². The summed E-state index contributed by atoms with van der Waals surface area (Å²) in [6.45, 7) is 0. The van der Waals surface area contributed by atoms with E-state index < -0.39 is 0 Å². The highest BCUT2D eigenvalue weighted by atomic mass is 32.2. The molecule has 1 unspecified atom stereocenters. The second-order valence-corrected chi connectivity index (χ2v) is 4.61. The van der Waals surface area contributed by atoms with Crippen LogP contribution in [-0.4, -0.2) is 17.0 Å². The van der Waals surface area contributed by atoms with Crippen LogP contribution < -0.4 is 0 Å². The summed E-state index contributed by atoms with van der Waals surface area (Å²) in [5.41, 5.74) is 1.33. The first-order chi connectivity index (χ1) is 4.86. The molecule has 0 radical (unpaired) electrons. The van der Waals surface area contributed by atoms with Crippen LogP contribution in [0.1, 0.15) is 5.56 Å². The van der Waals surface area contributed by atoms with E-state index in [0.717, 1.165) is 12.2 Å². The minimum atomic E-state index is -0.118. The summed E-state index contributed by atoms with van der Waals surface area (Å²) < 4.78 is 1.39. The third kappa shape index (κ3) is 1.09. The van der Waals surface area contributed by atoms with Gasteiger partial charge in [-0.05, 0) is 17.0 Å². The standard InChI is InChI=1S/C7H8OS2/c8-6-3-5-1-2-9-7(5)10-4-6/h1-2,6,8H,3-4H2. The molecule has 1 aliphatic heterocycles. The molecule has 0 spiro atoms. The topological polar surface area (TPSA) is 20.2 Å². The van der Waals surface area contributed by atoms with Gasteiger partial charge in [-0.2, -0.15) is 0 Å². The fraction of sp³-hybridized carbons (Fsp3) is 0.429. The van der Waals surface area contributed by atoms with Crippen molar-refractivity contribution in [3.05, 3.63) is 17.0 Å². The Kier molecular flexibility index (Phi) is 1.72. The molecule has 2 rings (SSSR count). The summed E-state index contributed by atoms with van der Waals surface area (Å²) in [6.07, 6.45) is 0.735. The minimum absolute atomic E-state index is 0.118. The van der Waals surface area contributed by atoms with Gasteiger partial charge in [0.2, 0.25) is 0 Å². The maximum Gasteiger partial charge on any atom is 0.0675 e. The van der Waals surface area contributed by atoms with E-state index in [9.17, 15) is 5.11 Å². The number of hydrogen-bond acceptors (Lipinski definition) is 3. The van der Waals surface area contributed by atoms with Gasteiger partial charge in [0.1, 0.15) is 0 Å². The summed E-state index contributed by atoms with van der Waals surface area (Å²) in [5.74, 6) is 0.869. The number of aliphatic hydroxyl groups is 1. The first-order valence-electron chi connectivity index (χ1n) is 3.23. The number of fused-ring (bicyclic) bond motifs is 1. The maximum absolute atomic E-state index is 9.26. The van der Waals surface area contributed by atoms with Crippen LogP contribution in [0.3, 0.4) is 0 Å². The molecular weight excluding hydrogens is 164 g/mol. The molecule has 10 heavy (non-hydrogen) atoms. The van der Waals surface area contributed by atoms with Gasteiger partial charge in [-0.3, -0.25) is 0 Å². The summed E-state index contributed by atoms with van der Waals surface area (Å²) >= 11 is 3.55. The molecule has 3 heteroatoms. The van der Waals surface area contributed by atoms with Crippen LogP contribution in [-0.2, 0) is 6.42 Å². The average molecular weight is 172 g/mol. The molecular formula is C7H8OS2. The Labute approximate surface area is 68.1 Å². The van der Waals surface area contributed by atoms with Crippen LogP contribution >= 0.6 is 23.1 Å². The molecule has 2 heterocycles. The van der Waals surface area contributed by atoms with Crippen molar-refractivity contribution in [2.75, 3.05) is 5.75 Å². The Balaban J connectivity index is 2.30. The lowest BCUT2D eigenvalue weighted by Crippen LogP contribution is -2.16. The van der Waals surface area contributed by atoms with E-state index in [1.807, 2.05) is 0 Å². The van der Waals surface area contributed by atoms with E-state index >= 15 is 0 Å². The van der Waals surface area contributed by atoms with Gasteiger partial charge in [0.25, 0.3) is 0 Å². The van der Waals surface area contributed by atoms with E-state index in [2.05, 4.69) is 11.4 Å². The lowest BCUT2D eigenvalue weighted by molar-refractivity contribution is 0.198. The van der Waals surface area contributed by atoms with Gasteiger partial charge in [-0.1, -0.05) is 0 Å². The molecule has 1 nitrogen and oxygen atoms in total. The zero-order valence-corrected chi connectivity index (χ0v) is 7.04. The molecule has 54 valence electrons. The number of aliphatic hydroxyl groups excluding tert-OH is 1. The molecule has 1 aromatic heterocycles. The minimum Gasteiger partial charge on any atom is -0.392 e. The summed E-state index contributed by atoms with van der Waals surface area (Å²) in [7, 11) is 0. The second kappa shape index (κ2) is 2.57. The van der Waals surface area contributed by atoms with Crippen molar-refractivity contribution in [2.45, 2.75) is 16.7 Å². The monoisotopic (exact) mass is 172 g/mol. The Morgan fingerprint density at radius 1 is 1.60 bits per heavy atom. The van der Waals surface area contributed by atoms with Crippen LogP contribution in [0, 0.1) is 0 Å². The summed E-state index contributed by atoms with van der Waals surface area (Å²) in [5, 5.41) is 11.4. The SMILES string of the molecule is OC1CSc2sccc2C1. The molecule has 0 bridgehead atoms. The number of rotatable bonds is 0. The van der Waals surface area contributed by atoms with Gasteiger partial charge in [0, 0.05) is 12.2 Å². The molecule has 0 aromatic carbocycles. The van der Waals surface area contributed by atoms with Crippen molar-refractivity contribution in [3.8, 4) is 0 Å². The first kappa shape index (κ1) is 6.70. The van der Waals surface area contributed by atoms with E-state index in [4.69, 9.17) is 0 Å². The maximum atomic E-state index is 9.26. The van der Waals surface area contributed by atoms with Crippen molar-refractivity contribution in [2.24, 2.45) is 0 Å². The van der Waals surface area contributed by atoms with Gasteiger partial charge in [-0.25, -0.2) is 0 Å². The fourth-order valence-electron chi connectivity index (χ4n) is 1.08. The predicted octanol–water partition coefficient (Wildman–Crippen LogP) is 1.76. The normalized spacial score (nSPS) is 24.3. The lowest BCUT2D eigenvalue weighted by Gasteiger charge is -2.15. The Hall–Kier alpha value is 0.0100. The highest BCUT2D eigenvalue weighted by molar-refractivity contribution is 8.01. The third-order valence-corrected chi connectivity index (χ3v) is 4.04. The molecule has 1 aromatic rings. The lowest BCUT2D eigenvalue weighted by atomic mass is 10.2. The Morgan fingerprint density at radius 2 is 2.50 bits per heavy atom. The molecule has 0 saturated heterocycles. The molecule has 1 aliphatic rings. The Morgan fingerprint density at radius 3 is 3.40 bits per heavy atom. The fourth-order valence-corrected chi connectivity index (χ4v) is 3.18. The number of hydrogen-bond donors (Lipinski definition) is 1. The van der Waals surface area contributed by atoms with Crippen LogP contribution in [0.2, 0.25) is 0 Å². The molecule has 0 saturated carbocycles. The van der Waals surface area contributed by atoms with E-state index in [1.54, 1.807) is 23.1 Å². The van der Waals surface area contributed by atoms with Crippen molar-refractivity contribution in [1.29, 1.82) is 0 Å². The number of thiophene rings is 1. The number of thioether (sulfide) groups is 1. The summed E-state index contributed by atoms with van der Waals surface area (Å²) in [4.78, 5) is 0. The molecule has 0 aliphatic carbocycles. The van der Waals surface area contributed by atoms with Gasteiger partial charge in [0.15, 0.2) is 0 Å². The van der Waals surface area contributed by atoms with Crippen LogP contribution in [0.4, 0.5) is 0 Å². The third-order valence-electron chi connectivity index (χ3n) is 1.57. The Bertz CT molecular complexity index is 231. The van der Waals surface area contributed by atoms with Crippen molar-refractivity contribution < 1.29 is 5.11 Å². The second-order valence-electron chi connectivity index (χ2n) is 2.40. The van der Waals surface area contributed by atoms with E-state index in [-0.39, 0.29) is 6.10 Å². The zero-order valence-electron chi connectivity index (χ0n) is 5.41. The quantitative estimate of drug-likeness (QED) is 0.643. The van der Waals surface area contributed by atoms with Crippen molar-refractivity contribution in [3.63, 3.8) is 0 Å². The average Bonchev–Trinajstić information content (AvgIpc) is 2.33. The van der Waals surface area contributed by atoms with Gasteiger partial charge >= 0.3 is 0 Å². The molecule has 1 atom stereocenters. The van der Waals surface area contributed by atoms with Crippen LogP contribution in [0.5, 0.6) is 0 Å². The van der Waals surface area contributed by atoms with E-state index in [1.165, 1.54) is 9.77 Å². The highest BCUT2D eigenvalue weighted by Gasteiger charge is 2.17. The predicted molar refractivity (Wildman–Crippen MR) is 44.8 cm³/mol. The highest BCUT2D eigenvalue weighted by Crippen LogP contribution is 2.34. The van der Waals surface area contributed by atoms with Gasteiger partial charge in [-0.15, -0.1) is 23.1 Å². The summed E-state index contributed by atoms with van der Waals surface area (Å²) in [6, 6.07) is 2.11. The zero-order chi connectivity index (χ0) is 6.97. The van der Waals surface area contributed by atoms with E-state index in [0.29, 0.717) is 0 Å². The molecule has 0 amide bonds. The van der Waals surface area contributed by atoms with Crippen molar-refractivity contribution in [1.82, 2.24) is 0 Å². The molecule has 1 N–H and O–H groups in total. The largest absolute Gasteiger partial charge is 0.392 e. The smallest absolute Gasteiger partial charge is 0.0675 e. The van der Waals surface area contributed by atoms with Gasteiger partial charge < -0.3 is 5.11 Å². The van der Waals surface area contributed by atoms with Crippen molar-refractivity contribution >= 4 is 23.1 Å².